The van der Waals surface area contributed by atoms with Gasteiger partial charge in [-0.2, -0.15) is 0 Å². The van der Waals surface area contributed by atoms with Crippen LogP contribution in [0.4, 0.5) is 15.2 Å². The number of fused-ring (bicyclic) bond motifs is 1. The van der Waals surface area contributed by atoms with Crippen molar-refractivity contribution in [1.29, 1.82) is 0 Å². The van der Waals surface area contributed by atoms with E-state index in [0.29, 0.717) is 13.0 Å². The third kappa shape index (κ3) is 2.07. The zero-order valence-corrected chi connectivity index (χ0v) is 10.2. The van der Waals surface area contributed by atoms with Gasteiger partial charge in [0.2, 0.25) is 0 Å². The highest BCUT2D eigenvalue weighted by Gasteiger charge is 2.21. The first kappa shape index (κ1) is 10.8. The van der Waals surface area contributed by atoms with E-state index in [-0.39, 0.29) is 0 Å². The van der Waals surface area contributed by atoms with Crippen LogP contribution in [0.15, 0.2) is 18.2 Å². The van der Waals surface area contributed by atoms with E-state index in [1.165, 1.54) is 0 Å². The average Bonchev–Trinajstić information content (AvgIpc) is 2.72. The SMILES string of the molecule is Nc1ccc2sc(N3CCC[C@@H](F)C3)nc2c1. The van der Waals surface area contributed by atoms with Gasteiger partial charge in [0.25, 0.3) is 0 Å². The van der Waals surface area contributed by atoms with Crippen molar-refractivity contribution in [3.05, 3.63) is 18.2 Å². The highest BCUT2D eigenvalue weighted by molar-refractivity contribution is 7.22. The Labute approximate surface area is 103 Å². The lowest BCUT2D eigenvalue weighted by atomic mass is 10.1. The maximum atomic E-state index is 13.4. The van der Waals surface area contributed by atoms with Crippen molar-refractivity contribution in [3.63, 3.8) is 0 Å². The molecule has 2 aromatic rings. The second-order valence-corrected chi connectivity index (χ2v) is 5.42. The van der Waals surface area contributed by atoms with Crippen LogP contribution < -0.4 is 10.6 Å². The van der Waals surface area contributed by atoms with Gasteiger partial charge in [0.1, 0.15) is 6.17 Å². The molecule has 1 fully saturated rings. The Morgan fingerprint density at radius 3 is 3.18 bits per heavy atom. The maximum Gasteiger partial charge on any atom is 0.186 e. The molecular weight excluding hydrogens is 237 g/mol. The third-order valence-electron chi connectivity index (χ3n) is 3.03. The van der Waals surface area contributed by atoms with Gasteiger partial charge in [-0.25, -0.2) is 9.37 Å². The summed E-state index contributed by atoms with van der Waals surface area (Å²) in [6.45, 7) is 1.37. The van der Waals surface area contributed by atoms with Crippen molar-refractivity contribution in [2.45, 2.75) is 19.0 Å². The lowest BCUT2D eigenvalue weighted by molar-refractivity contribution is 0.287. The summed E-state index contributed by atoms with van der Waals surface area (Å²) >= 11 is 1.61. The molecule has 1 atom stereocenters. The molecule has 0 unspecified atom stereocenters. The van der Waals surface area contributed by atoms with Crippen LogP contribution >= 0.6 is 11.3 Å². The monoisotopic (exact) mass is 251 g/mol. The zero-order valence-electron chi connectivity index (χ0n) is 9.40. The number of halogens is 1. The molecule has 1 aliphatic heterocycles. The molecular formula is C12H14FN3S. The van der Waals surface area contributed by atoms with Crippen LogP contribution in [0.2, 0.25) is 0 Å². The fourth-order valence-corrected chi connectivity index (χ4v) is 3.15. The fraction of sp³-hybridized carbons (Fsp3) is 0.417. The minimum Gasteiger partial charge on any atom is -0.399 e. The average molecular weight is 251 g/mol. The molecule has 3 nitrogen and oxygen atoms in total. The standard InChI is InChI=1S/C12H14FN3S/c13-8-2-1-5-16(7-8)12-15-10-6-9(14)3-4-11(10)17-12/h3-4,6,8H,1-2,5,7,14H2/t8-/m1/s1. The fourth-order valence-electron chi connectivity index (χ4n) is 2.17. The van der Waals surface area contributed by atoms with E-state index >= 15 is 0 Å². The van der Waals surface area contributed by atoms with Crippen LogP contribution in [0.3, 0.4) is 0 Å². The summed E-state index contributed by atoms with van der Waals surface area (Å²) < 4.78 is 14.5. The summed E-state index contributed by atoms with van der Waals surface area (Å²) in [5, 5.41) is 0.910. The van der Waals surface area contributed by atoms with Gasteiger partial charge in [-0.15, -0.1) is 0 Å². The lowest BCUT2D eigenvalue weighted by Gasteiger charge is -2.28. The van der Waals surface area contributed by atoms with Gasteiger partial charge in [0, 0.05) is 12.2 Å². The van der Waals surface area contributed by atoms with E-state index < -0.39 is 6.17 Å². The number of anilines is 2. The van der Waals surface area contributed by atoms with Gasteiger partial charge in [-0.1, -0.05) is 11.3 Å². The van der Waals surface area contributed by atoms with Crippen molar-refractivity contribution in [3.8, 4) is 0 Å². The number of aromatic nitrogens is 1. The quantitative estimate of drug-likeness (QED) is 0.792. The Morgan fingerprint density at radius 1 is 1.47 bits per heavy atom. The molecule has 1 aliphatic rings. The number of alkyl halides is 1. The molecule has 3 rings (SSSR count). The molecule has 1 aromatic carbocycles. The minimum atomic E-state index is -0.721. The summed E-state index contributed by atoms with van der Waals surface area (Å²) in [4.78, 5) is 6.57. The van der Waals surface area contributed by atoms with Gasteiger partial charge >= 0.3 is 0 Å². The second-order valence-electron chi connectivity index (χ2n) is 4.41. The molecule has 90 valence electrons. The van der Waals surface area contributed by atoms with Gasteiger partial charge < -0.3 is 10.6 Å². The van der Waals surface area contributed by atoms with Crippen LogP contribution in [0, 0.1) is 0 Å². The number of nitrogens with two attached hydrogens (primary N) is 1. The highest BCUT2D eigenvalue weighted by Crippen LogP contribution is 2.31. The Hall–Kier alpha value is -1.36. The molecule has 0 saturated carbocycles. The molecule has 1 saturated heterocycles. The van der Waals surface area contributed by atoms with Crippen LogP contribution in [-0.2, 0) is 0 Å². The molecule has 0 aliphatic carbocycles. The van der Waals surface area contributed by atoms with Gasteiger partial charge in [-0.3, -0.25) is 0 Å². The number of hydrogen-bond acceptors (Lipinski definition) is 4. The molecule has 17 heavy (non-hydrogen) atoms. The number of hydrogen-bond donors (Lipinski definition) is 1. The first-order valence-electron chi connectivity index (χ1n) is 5.77. The molecule has 0 amide bonds. The summed E-state index contributed by atoms with van der Waals surface area (Å²) in [6, 6.07) is 5.72. The Kier molecular flexibility index (Phi) is 2.63. The van der Waals surface area contributed by atoms with Crippen molar-refractivity contribution < 1.29 is 4.39 Å². The van der Waals surface area contributed by atoms with Crippen molar-refractivity contribution in [1.82, 2.24) is 4.98 Å². The van der Waals surface area contributed by atoms with E-state index in [0.717, 1.165) is 34.0 Å². The lowest BCUT2D eigenvalue weighted by Crippen LogP contribution is -2.36. The molecule has 5 heteroatoms. The van der Waals surface area contributed by atoms with Gasteiger partial charge in [-0.05, 0) is 31.0 Å². The Balaban J connectivity index is 1.94. The maximum absolute atomic E-state index is 13.4. The molecule has 2 heterocycles. The molecule has 1 aromatic heterocycles. The van der Waals surface area contributed by atoms with E-state index in [2.05, 4.69) is 4.98 Å². The molecule has 0 spiro atoms. The van der Waals surface area contributed by atoms with Crippen LogP contribution in [0.5, 0.6) is 0 Å². The summed E-state index contributed by atoms with van der Waals surface area (Å²) in [6.07, 6.45) is 0.856. The second kappa shape index (κ2) is 4.14. The third-order valence-corrected chi connectivity index (χ3v) is 4.13. The summed E-state index contributed by atoms with van der Waals surface area (Å²) in [5.41, 5.74) is 7.35. The van der Waals surface area contributed by atoms with E-state index in [1.807, 2.05) is 23.1 Å². The number of nitrogens with zero attached hydrogens (tertiary/aromatic N) is 2. The topological polar surface area (TPSA) is 42.1 Å². The zero-order chi connectivity index (χ0) is 11.8. The van der Waals surface area contributed by atoms with Crippen LogP contribution in [-0.4, -0.2) is 24.2 Å². The molecule has 0 bridgehead atoms. The predicted molar refractivity (Wildman–Crippen MR) is 70.4 cm³/mol. The molecule has 2 N–H and O–H groups in total. The Morgan fingerprint density at radius 2 is 2.35 bits per heavy atom. The first-order chi connectivity index (χ1) is 8.22. The highest BCUT2D eigenvalue weighted by atomic mass is 32.1. The number of piperidine rings is 1. The minimum absolute atomic E-state index is 0.468. The van der Waals surface area contributed by atoms with E-state index in [9.17, 15) is 4.39 Å². The van der Waals surface area contributed by atoms with Crippen LogP contribution in [0.25, 0.3) is 10.2 Å². The Bertz CT molecular complexity index is 540. The van der Waals surface area contributed by atoms with Gasteiger partial charge in [0.05, 0.1) is 16.8 Å². The summed E-state index contributed by atoms with van der Waals surface area (Å²) in [5.74, 6) is 0. The van der Waals surface area contributed by atoms with Gasteiger partial charge in [0.15, 0.2) is 5.13 Å². The largest absolute Gasteiger partial charge is 0.399 e. The van der Waals surface area contributed by atoms with Crippen LogP contribution in [0.1, 0.15) is 12.8 Å². The number of benzene rings is 1. The summed E-state index contributed by atoms with van der Waals surface area (Å²) in [7, 11) is 0. The van der Waals surface area contributed by atoms with Crippen molar-refractivity contribution in [2.24, 2.45) is 0 Å². The van der Waals surface area contributed by atoms with E-state index in [1.54, 1.807) is 11.3 Å². The number of thiazole rings is 1. The first-order valence-corrected chi connectivity index (χ1v) is 6.59. The van der Waals surface area contributed by atoms with Crippen molar-refractivity contribution in [2.75, 3.05) is 23.7 Å². The number of rotatable bonds is 1. The van der Waals surface area contributed by atoms with Crippen molar-refractivity contribution >= 4 is 32.4 Å². The number of nitrogen functional groups attached to an aromatic ring is 1. The van der Waals surface area contributed by atoms with E-state index in [4.69, 9.17) is 5.73 Å². The molecule has 0 radical (unpaired) electrons. The predicted octanol–water partition coefficient (Wildman–Crippen LogP) is 2.82. The smallest absolute Gasteiger partial charge is 0.186 e. The normalized spacial score (nSPS) is 21.0.